The van der Waals surface area contributed by atoms with Crippen LogP contribution in [0.1, 0.15) is 11.6 Å². The zero-order valence-corrected chi connectivity index (χ0v) is 10.3. The molecule has 0 amide bonds. The minimum Gasteiger partial charge on any atom is -0.504 e. The minimum absolute atomic E-state index is 0.0925. The van der Waals surface area contributed by atoms with Crippen LogP contribution >= 0.6 is 0 Å². The van der Waals surface area contributed by atoms with E-state index in [0.717, 1.165) is 18.7 Å². The molecule has 5 nitrogen and oxygen atoms in total. The number of ether oxygens (including phenoxy) is 2. The van der Waals surface area contributed by atoms with Gasteiger partial charge in [0.25, 0.3) is 0 Å². The van der Waals surface area contributed by atoms with Crippen molar-refractivity contribution in [1.29, 1.82) is 5.26 Å². The summed E-state index contributed by atoms with van der Waals surface area (Å²) in [6.07, 6.45) is 0. The van der Waals surface area contributed by atoms with Crippen LogP contribution in [0.3, 0.4) is 0 Å². The third kappa shape index (κ3) is 2.55. The highest BCUT2D eigenvalue weighted by Crippen LogP contribution is 2.28. The number of quaternary nitrogens is 1. The molecule has 1 aliphatic heterocycles. The van der Waals surface area contributed by atoms with Gasteiger partial charge in [-0.25, -0.2) is 0 Å². The van der Waals surface area contributed by atoms with Gasteiger partial charge in [0.15, 0.2) is 11.5 Å². The summed E-state index contributed by atoms with van der Waals surface area (Å²) in [5.41, 5.74) is 0.865. The number of methoxy groups -OCH3 is 1. The molecule has 0 aromatic heterocycles. The Bertz CT molecular complexity index is 450. The number of aromatic hydroxyl groups is 1. The second kappa shape index (κ2) is 5.71. The molecule has 0 bridgehead atoms. The average Bonchev–Trinajstić information content (AvgIpc) is 2.42. The molecule has 1 saturated heterocycles. The summed E-state index contributed by atoms with van der Waals surface area (Å²) >= 11 is 0. The van der Waals surface area contributed by atoms with Crippen LogP contribution in [0.2, 0.25) is 0 Å². The molecule has 1 aromatic rings. The molecular formula is C13H17N2O3+. The first kappa shape index (κ1) is 12.7. The van der Waals surface area contributed by atoms with Gasteiger partial charge < -0.3 is 19.5 Å². The van der Waals surface area contributed by atoms with E-state index >= 15 is 0 Å². The smallest absolute Gasteiger partial charge is 0.201 e. The van der Waals surface area contributed by atoms with Crippen molar-refractivity contribution in [2.75, 3.05) is 33.4 Å². The number of nitrogens with zero attached hydrogens (tertiary/aromatic N) is 1. The number of benzene rings is 1. The lowest BCUT2D eigenvalue weighted by Crippen LogP contribution is -3.14. The van der Waals surface area contributed by atoms with E-state index in [-0.39, 0.29) is 11.8 Å². The van der Waals surface area contributed by atoms with Crippen molar-refractivity contribution in [1.82, 2.24) is 0 Å². The highest BCUT2D eigenvalue weighted by molar-refractivity contribution is 5.43. The van der Waals surface area contributed by atoms with E-state index in [1.165, 1.54) is 12.0 Å². The molecule has 1 fully saturated rings. The first-order valence-corrected chi connectivity index (χ1v) is 5.95. The van der Waals surface area contributed by atoms with Crippen LogP contribution in [0.15, 0.2) is 18.2 Å². The van der Waals surface area contributed by atoms with Gasteiger partial charge in [-0.05, 0) is 18.2 Å². The standard InChI is InChI=1S/C13H16N2O3/c1-17-13-8-10(2-3-12(13)16)11(9-14)15-4-6-18-7-5-15/h2-3,8,11,16H,4-7H2,1H3/p+1/t11-/m1/s1. The van der Waals surface area contributed by atoms with E-state index in [1.54, 1.807) is 18.2 Å². The monoisotopic (exact) mass is 249 g/mol. The molecule has 0 aliphatic carbocycles. The van der Waals surface area contributed by atoms with Gasteiger partial charge in [-0.3, -0.25) is 0 Å². The number of nitriles is 1. The summed E-state index contributed by atoms with van der Waals surface area (Å²) in [4.78, 5) is 1.19. The molecule has 1 heterocycles. The number of phenols is 1. The van der Waals surface area contributed by atoms with Gasteiger partial charge in [-0.1, -0.05) is 0 Å². The van der Waals surface area contributed by atoms with Crippen LogP contribution in [-0.2, 0) is 4.74 Å². The van der Waals surface area contributed by atoms with E-state index in [4.69, 9.17) is 9.47 Å². The van der Waals surface area contributed by atoms with E-state index in [2.05, 4.69) is 6.07 Å². The van der Waals surface area contributed by atoms with Gasteiger partial charge >= 0.3 is 0 Å². The molecule has 18 heavy (non-hydrogen) atoms. The number of nitrogens with one attached hydrogen (secondary N) is 1. The van der Waals surface area contributed by atoms with Crippen LogP contribution in [0.5, 0.6) is 11.5 Å². The molecule has 96 valence electrons. The first-order valence-electron chi connectivity index (χ1n) is 5.95. The van der Waals surface area contributed by atoms with Crippen LogP contribution in [-0.4, -0.2) is 38.5 Å². The van der Waals surface area contributed by atoms with Crippen molar-refractivity contribution < 1.29 is 19.5 Å². The van der Waals surface area contributed by atoms with E-state index in [9.17, 15) is 10.4 Å². The number of phenolic OH excluding ortho intramolecular Hbond substituents is 1. The van der Waals surface area contributed by atoms with Crippen molar-refractivity contribution in [3.63, 3.8) is 0 Å². The zero-order valence-electron chi connectivity index (χ0n) is 10.3. The Kier molecular flexibility index (Phi) is 4.03. The normalized spacial score (nSPS) is 18.0. The van der Waals surface area contributed by atoms with Crippen LogP contribution < -0.4 is 9.64 Å². The third-order valence-corrected chi connectivity index (χ3v) is 3.21. The molecule has 1 aliphatic rings. The van der Waals surface area contributed by atoms with Gasteiger partial charge in [0.05, 0.1) is 20.3 Å². The Balaban J connectivity index is 2.24. The lowest BCUT2D eigenvalue weighted by atomic mass is 10.1. The molecule has 0 spiro atoms. The highest BCUT2D eigenvalue weighted by atomic mass is 16.5. The Morgan fingerprint density at radius 2 is 2.17 bits per heavy atom. The van der Waals surface area contributed by atoms with Crippen LogP contribution in [0.4, 0.5) is 0 Å². The van der Waals surface area contributed by atoms with Crippen LogP contribution in [0.25, 0.3) is 0 Å². The summed E-state index contributed by atoms with van der Waals surface area (Å²) in [6, 6.07) is 7.15. The highest BCUT2D eigenvalue weighted by Gasteiger charge is 2.26. The summed E-state index contributed by atoms with van der Waals surface area (Å²) in [5, 5.41) is 18.9. The molecular weight excluding hydrogens is 232 g/mol. The number of hydrogen-bond acceptors (Lipinski definition) is 4. The topological polar surface area (TPSA) is 66.9 Å². The minimum atomic E-state index is -0.247. The maximum absolute atomic E-state index is 9.57. The summed E-state index contributed by atoms with van der Waals surface area (Å²) in [7, 11) is 1.50. The van der Waals surface area contributed by atoms with Gasteiger partial charge in [-0.2, -0.15) is 5.26 Å². The van der Waals surface area contributed by atoms with Crippen molar-refractivity contribution >= 4 is 0 Å². The van der Waals surface area contributed by atoms with Crippen molar-refractivity contribution in [2.24, 2.45) is 0 Å². The van der Waals surface area contributed by atoms with Gasteiger partial charge in [0.2, 0.25) is 6.04 Å². The predicted molar refractivity (Wildman–Crippen MR) is 64.5 cm³/mol. The second-order valence-electron chi connectivity index (χ2n) is 4.26. The molecule has 1 atom stereocenters. The predicted octanol–water partition coefficient (Wildman–Crippen LogP) is -0.119. The molecule has 1 aromatic carbocycles. The van der Waals surface area contributed by atoms with Gasteiger partial charge in [0.1, 0.15) is 19.2 Å². The van der Waals surface area contributed by atoms with Gasteiger partial charge in [-0.15, -0.1) is 0 Å². The van der Waals surface area contributed by atoms with Crippen molar-refractivity contribution in [3.8, 4) is 17.6 Å². The molecule has 2 N–H and O–H groups in total. The summed E-state index contributed by atoms with van der Waals surface area (Å²) < 4.78 is 10.4. The molecule has 0 radical (unpaired) electrons. The maximum Gasteiger partial charge on any atom is 0.201 e. The largest absolute Gasteiger partial charge is 0.504 e. The quantitative estimate of drug-likeness (QED) is 0.784. The maximum atomic E-state index is 9.57. The third-order valence-electron chi connectivity index (χ3n) is 3.21. The lowest BCUT2D eigenvalue weighted by Gasteiger charge is -2.27. The van der Waals surface area contributed by atoms with Crippen molar-refractivity contribution in [3.05, 3.63) is 23.8 Å². The Morgan fingerprint density at radius 3 is 2.78 bits per heavy atom. The summed E-state index contributed by atoms with van der Waals surface area (Å²) in [5.74, 6) is 0.496. The van der Waals surface area contributed by atoms with E-state index in [1.807, 2.05) is 0 Å². The van der Waals surface area contributed by atoms with E-state index < -0.39 is 0 Å². The Hall–Kier alpha value is -1.77. The Morgan fingerprint density at radius 1 is 1.44 bits per heavy atom. The zero-order chi connectivity index (χ0) is 13.0. The number of morpholine rings is 1. The molecule has 0 unspecified atom stereocenters. The lowest BCUT2D eigenvalue weighted by molar-refractivity contribution is -0.930. The molecule has 5 heteroatoms. The Labute approximate surface area is 106 Å². The van der Waals surface area contributed by atoms with Crippen LogP contribution in [0, 0.1) is 11.3 Å². The molecule has 2 rings (SSSR count). The fourth-order valence-corrected chi connectivity index (χ4v) is 2.20. The fourth-order valence-electron chi connectivity index (χ4n) is 2.20. The number of hydrogen-bond donors (Lipinski definition) is 2. The molecule has 0 saturated carbocycles. The summed E-state index contributed by atoms with van der Waals surface area (Å²) in [6.45, 7) is 3.01. The number of rotatable bonds is 3. The SMILES string of the molecule is COc1cc([C@@H](C#N)[NH+]2CCOCC2)ccc1O. The van der Waals surface area contributed by atoms with Crippen molar-refractivity contribution in [2.45, 2.75) is 6.04 Å². The van der Waals surface area contributed by atoms with E-state index in [0.29, 0.717) is 19.0 Å². The van der Waals surface area contributed by atoms with Gasteiger partial charge in [0, 0.05) is 5.56 Å². The first-order chi connectivity index (χ1) is 8.76. The second-order valence-corrected chi connectivity index (χ2v) is 4.26. The fraction of sp³-hybridized carbons (Fsp3) is 0.462. The average molecular weight is 249 g/mol.